The van der Waals surface area contributed by atoms with Crippen molar-refractivity contribution in [1.29, 1.82) is 0 Å². The van der Waals surface area contributed by atoms with Crippen molar-refractivity contribution in [2.75, 3.05) is 6.54 Å². The molecule has 0 aromatic rings. The smallest absolute Gasteiger partial charge is 0.408 e. The van der Waals surface area contributed by atoms with Crippen LogP contribution in [0.25, 0.3) is 0 Å². The van der Waals surface area contributed by atoms with E-state index >= 15 is 0 Å². The highest BCUT2D eigenvalue weighted by Crippen LogP contribution is 2.13. The highest BCUT2D eigenvalue weighted by Gasteiger charge is 2.25. The van der Waals surface area contributed by atoms with Crippen molar-refractivity contribution in [1.82, 2.24) is 5.32 Å². The van der Waals surface area contributed by atoms with Gasteiger partial charge in [-0.25, -0.2) is 9.59 Å². The predicted molar refractivity (Wildman–Crippen MR) is 87.2 cm³/mol. The molecule has 0 spiro atoms. The van der Waals surface area contributed by atoms with E-state index in [2.05, 4.69) is 5.32 Å². The summed E-state index contributed by atoms with van der Waals surface area (Å²) >= 11 is 1.78. The molecule has 0 aliphatic heterocycles. The number of esters is 1. The molecule has 0 aromatic heterocycles. The highest BCUT2D eigenvalue weighted by molar-refractivity contribution is 14.1. The minimum atomic E-state index is -0.715. The molecule has 0 atom stereocenters. The molecule has 0 saturated heterocycles. The first-order valence-corrected chi connectivity index (χ1v) is 7.64. The lowest BCUT2D eigenvalue weighted by Crippen LogP contribution is -2.37. The zero-order valence-electron chi connectivity index (χ0n) is 13.2. The second-order valence-corrected chi connectivity index (χ2v) is 6.93. The number of halogens is 1. The molecule has 0 aliphatic rings. The monoisotopic (exact) mass is 411 g/mol. The third kappa shape index (κ3) is 9.43. The van der Waals surface area contributed by atoms with E-state index in [1.54, 1.807) is 64.1 Å². The van der Waals surface area contributed by atoms with Crippen LogP contribution in [0.15, 0.2) is 9.66 Å². The molecule has 0 aliphatic carbocycles. The van der Waals surface area contributed by atoms with Gasteiger partial charge in [-0.3, -0.25) is 4.79 Å². The van der Waals surface area contributed by atoms with Gasteiger partial charge in [0.1, 0.15) is 16.8 Å². The Morgan fingerprint density at radius 1 is 1.00 bits per heavy atom. The largest absolute Gasteiger partial charge is 0.456 e. The SMILES string of the molecule is CC(C)(C)OC(=O)NCC(=O)/C(=C/I)C(=O)OC(C)(C)C. The first-order chi connectivity index (χ1) is 9.35. The maximum atomic E-state index is 11.9. The molecule has 0 unspecified atom stereocenters. The Bertz CT molecular complexity index is 443. The molecule has 0 radical (unpaired) electrons. The molecule has 21 heavy (non-hydrogen) atoms. The molecule has 0 aromatic carbocycles. The normalized spacial score (nSPS) is 12.6. The molecule has 1 amide bonds. The number of nitrogens with one attached hydrogen (secondary N) is 1. The fourth-order valence-corrected chi connectivity index (χ4v) is 1.72. The lowest BCUT2D eigenvalue weighted by atomic mass is 10.1. The first-order valence-electron chi connectivity index (χ1n) is 6.39. The second-order valence-electron chi connectivity index (χ2n) is 6.30. The molecule has 0 saturated carbocycles. The number of amides is 1. The summed E-state index contributed by atoms with van der Waals surface area (Å²) in [7, 11) is 0. The molecule has 0 fully saturated rings. The average molecular weight is 411 g/mol. The topological polar surface area (TPSA) is 81.7 Å². The lowest BCUT2D eigenvalue weighted by Gasteiger charge is -2.21. The third-order valence-corrected chi connectivity index (χ3v) is 2.44. The van der Waals surface area contributed by atoms with Gasteiger partial charge in [0.25, 0.3) is 0 Å². The summed E-state index contributed by atoms with van der Waals surface area (Å²) in [5.41, 5.74) is -1.46. The molecular weight excluding hydrogens is 389 g/mol. The van der Waals surface area contributed by atoms with Gasteiger partial charge in [-0.05, 0) is 45.6 Å². The number of Topliss-reactive ketones (excluding diaryl/α,β-unsaturated/α-hetero) is 1. The van der Waals surface area contributed by atoms with Gasteiger partial charge in [0, 0.05) is 0 Å². The third-order valence-electron chi connectivity index (χ3n) is 1.82. The molecule has 0 heterocycles. The average Bonchev–Trinajstić information content (AvgIpc) is 2.22. The minimum Gasteiger partial charge on any atom is -0.456 e. The Labute approximate surface area is 138 Å². The summed E-state index contributed by atoms with van der Waals surface area (Å²) in [5, 5.41) is 2.31. The van der Waals surface area contributed by atoms with E-state index in [9.17, 15) is 14.4 Å². The van der Waals surface area contributed by atoms with Gasteiger partial charge in [0.2, 0.25) is 0 Å². The standard InChI is InChI=1S/C14H22INO5/c1-13(2,3)20-11(18)9(7-15)10(17)8-16-12(19)21-14(4,5)6/h7H,8H2,1-6H3,(H,16,19)/b9-7-. The van der Waals surface area contributed by atoms with Crippen molar-refractivity contribution in [3.63, 3.8) is 0 Å². The van der Waals surface area contributed by atoms with Gasteiger partial charge >= 0.3 is 12.1 Å². The number of hydrogen-bond donors (Lipinski definition) is 1. The van der Waals surface area contributed by atoms with Crippen LogP contribution < -0.4 is 5.32 Å². The summed E-state index contributed by atoms with van der Waals surface area (Å²) in [4.78, 5) is 35.2. The Balaban J connectivity index is 4.56. The van der Waals surface area contributed by atoms with Gasteiger partial charge in [-0.15, -0.1) is 0 Å². The number of ketones is 1. The van der Waals surface area contributed by atoms with Crippen molar-refractivity contribution in [3.8, 4) is 0 Å². The first kappa shape index (κ1) is 19.9. The van der Waals surface area contributed by atoms with E-state index < -0.39 is 29.0 Å². The summed E-state index contributed by atoms with van der Waals surface area (Å²) in [6, 6.07) is 0. The van der Waals surface area contributed by atoms with Crippen molar-refractivity contribution in [3.05, 3.63) is 9.66 Å². The Morgan fingerprint density at radius 3 is 1.86 bits per heavy atom. The predicted octanol–water partition coefficient (Wildman–Crippen LogP) is 2.74. The number of rotatable bonds is 4. The van der Waals surface area contributed by atoms with Crippen LogP contribution in [0.2, 0.25) is 0 Å². The zero-order valence-corrected chi connectivity index (χ0v) is 15.4. The molecule has 0 bridgehead atoms. The second kappa shape index (κ2) is 7.77. The van der Waals surface area contributed by atoms with Crippen LogP contribution in [0.3, 0.4) is 0 Å². The van der Waals surface area contributed by atoms with Gasteiger partial charge in [0.05, 0.1) is 6.54 Å². The van der Waals surface area contributed by atoms with E-state index in [1.807, 2.05) is 0 Å². The Morgan fingerprint density at radius 2 is 1.48 bits per heavy atom. The van der Waals surface area contributed by atoms with Gasteiger partial charge in [-0.2, -0.15) is 0 Å². The fraction of sp³-hybridized carbons (Fsp3) is 0.643. The molecule has 0 rings (SSSR count). The quantitative estimate of drug-likeness (QED) is 0.253. The van der Waals surface area contributed by atoms with Crippen molar-refractivity contribution < 1.29 is 23.9 Å². The molecular formula is C14H22INO5. The summed E-state index contributed by atoms with van der Waals surface area (Å²) < 4.78 is 11.5. The number of ether oxygens (including phenoxy) is 2. The van der Waals surface area contributed by atoms with Crippen LogP contribution in [0, 0.1) is 0 Å². The van der Waals surface area contributed by atoms with E-state index in [4.69, 9.17) is 9.47 Å². The summed E-state index contributed by atoms with van der Waals surface area (Å²) in [6.07, 6.45) is -0.715. The minimum absolute atomic E-state index is 0.110. The number of hydrogen-bond acceptors (Lipinski definition) is 5. The number of carbonyl (C=O) groups excluding carboxylic acids is 3. The molecule has 1 N–H and O–H groups in total. The van der Waals surface area contributed by atoms with E-state index in [0.717, 1.165) is 0 Å². The van der Waals surface area contributed by atoms with Crippen molar-refractivity contribution in [2.24, 2.45) is 0 Å². The van der Waals surface area contributed by atoms with Gasteiger partial charge in [0.15, 0.2) is 5.78 Å². The van der Waals surface area contributed by atoms with Gasteiger partial charge in [-0.1, -0.05) is 22.6 Å². The van der Waals surface area contributed by atoms with E-state index in [-0.39, 0.29) is 12.1 Å². The van der Waals surface area contributed by atoms with E-state index in [1.165, 1.54) is 4.08 Å². The van der Waals surface area contributed by atoms with Crippen LogP contribution in [0.4, 0.5) is 4.79 Å². The molecule has 7 heteroatoms. The summed E-state index contributed by atoms with van der Waals surface area (Å²) in [6.45, 7) is 9.93. The Hall–Kier alpha value is -1.12. The molecule has 6 nitrogen and oxygen atoms in total. The highest BCUT2D eigenvalue weighted by atomic mass is 127. The van der Waals surface area contributed by atoms with Crippen LogP contribution in [0.1, 0.15) is 41.5 Å². The van der Waals surface area contributed by atoms with Gasteiger partial charge < -0.3 is 14.8 Å². The van der Waals surface area contributed by atoms with Crippen LogP contribution in [0.5, 0.6) is 0 Å². The zero-order chi connectivity index (χ0) is 16.8. The maximum absolute atomic E-state index is 11.9. The summed E-state index contributed by atoms with van der Waals surface area (Å²) in [5.74, 6) is -1.25. The van der Waals surface area contributed by atoms with Crippen molar-refractivity contribution >= 4 is 40.4 Å². The van der Waals surface area contributed by atoms with Crippen LogP contribution in [-0.4, -0.2) is 35.6 Å². The number of alkyl carbamates (subject to hydrolysis) is 1. The maximum Gasteiger partial charge on any atom is 0.408 e. The van der Waals surface area contributed by atoms with Crippen LogP contribution in [-0.2, 0) is 19.1 Å². The molecule has 120 valence electrons. The Kier molecular flexibility index (Phi) is 7.35. The number of carbonyl (C=O) groups is 3. The fourth-order valence-electron chi connectivity index (χ4n) is 1.11. The van der Waals surface area contributed by atoms with Crippen molar-refractivity contribution in [2.45, 2.75) is 52.7 Å². The van der Waals surface area contributed by atoms with E-state index in [0.29, 0.717) is 0 Å². The lowest BCUT2D eigenvalue weighted by molar-refractivity contribution is -0.150. The van der Waals surface area contributed by atoms with Crippen LogP contribution >= 0.6 is 22.6 Å².